The maximum absolute atomic E-state index is 5.14. The zero-order chi connectivity index (χ0) is 11.6. The highest BCUT2D eigenvalue weighted by Gasteiger charge is 1.94. The van der Waals surface area contributed by atoms with Gasteiger partial charge in [0, 0.05) is 32.0 Å². The average molecular weight is 240 g/mol. The summed E-state index contributed by atoms with van der Waals surface area (Å²) in [7, 11) is 0. The van der Waals surface area contributed by atoms with Crippen LogP contribution in [0.15, 0.2) is 18.7 Å². The van der Waals surface area contributed by atoms with Crippen molar-refractivity contribution in [3.8, 4) is 0 Å². The van der Waals surface area contributed by atoms with E-state index >= 15 is 0 Å². The zero-order valence-corrected chi connectivity index (χ0v) is 10.6. The van der Waals surface area contributed by atoms with Crippen molar-refractivity contribution in [2.45, 2.75) is 32.7 Å². The van der Waals surface area contributed by atoms with Crippen LogP contribution in [-0.2, 0) is 6.54 Å². The molecule has 16 heavy (non-hydrogen) atoms. The second-order valence-electron chi connectivity index (χ2n) is 3.69. The lowest BCUT2D eigenvalue weighted by molar-refractivity contribution is 0.626. The number of aromatic nitrogens is 2. The Labute approximate surface area is 102 Å². The summed E-state index contributed by atoms with van der Waals surface area (Å²) in [6, 6.07) is 0. The predicted octanol–water partition coefficient (Wildman–Crippen LogP) is 1.54. The number of unbranched alkanes of at least 4 members (excludes halogenated alkanes) is 1. The SMILES string of the molecule is CCCCNC(=S)NCCCn1ccnc1. The summed E-state index contributed by atoms with van der Waals surface area (Å²) in [5, 5.41) is 7.13. The molecular weight excluding hydrogens is 220 g/mol. The highest BCUT2D eigenvalue weighted by atomic mass is 32.1. The first-order valence-corrected chi connectivity index (χ1v) is 6.21. The van der Waals surface area contributed by atoms with Gasteiger partial charge in [-0.3, -0.25) is 0 Å². The van der Waals surface area contributed by atoms with Gasteiger partial charge in [0.2, 0.25) is 0 Å². The third-order valence-electron chi connectivity index (χ3n) is 2.25. The van der Waals surface area contributed by atoms with Gasteiger partial charge in [0.15, 0.2) is 5.11 Å². The molecule has 0 fully saturated rings. The first kappa shape index (κ1) is 13.0. The number of thiocarbonyl (C=S) groups is 1. The fraction of sp³-hybridized carbons (Fsp3) is 0.636. The number of aryl methyl sites for hydroxylation is 1. The van der Waals surface area contributed by atoms with Crippen LogP contribution in [-0.4, -0.2) is 27.8 Å². The molecule has 90 valence electrons. The molecular formula is C11H20N4S. The summed E-state index contributed by atoms with van der Waals surface area (Å²) < 4.78 is 2.06. The van der Waals surface area contributed by atoms with Crippen LogP contribution in [0, 0.1) is 0 Å². The minimum atomic E-state index is 0.763. The van der Waals surface area contributed by atoms with Crippen molar-refractivity contribution in [1.29, 1.82) is 0 Å². The fourth-order valence-corrected chi connectivity index (χ4v) is 1.53. The Bertz CT molecular complexity index is 284. The summed E-state index contributed by atoms with van der Waals surface area (Å²) in [5.74, 6) is 0. The van der Waals surface area contributed by atoms with E-state index in [9.17, 15) is 0 Å². The first-order chi connectivity index (χ1) is 7.83. The van der Waals surface area contributed by atoms with E-state index in [1.54, 1.807) is 6.20 Å². The maximum Gasteiger partial charge on any atom is 0.166 e. The number of rotatable bonds is 7. The molecule has 1 aromatic rings. The van der Waals surface area contributed by atoms with Crippen molar-refractivity contribution in [2.75, 3.05) is 13.1 Å². The van der Waals surface area contributed by atoms with Crippen LogP contribution >= 0.6 is 12.2 Å². The minimum absolute atomic E-state index is 0.763. The van der Waals surface area contributed by atoms with Crippen molar-refractivity contribution in [1.82, 2.24) is 20.2 Å². The van der Waals surface area contributed by atoms with Gasteiger partial charge in [0.25, 0.3) is 0 Å². The molecule has 0 aromatic carbocycles. The summed E-state index contributed by atoms with van der Waals surface area (Å²) in [4.78, 5) is 3.99. The topological polar surface area (TPSA) is 41.9 Å². The number of hydrogen-bond acceptors (Lipinski definition) is 2. The van der Waals surface area contributed by atoms with Gasteiger partial charge in [0.1, 0.15) is 0 Å². The Balaban J connectivity index is 1.96. The molecule has 0 bridgehead atoms. The molecule has 2 N–H and O–H groups in total. The van der Waals surface area contributed by atoms with E-state index in [0.717, 1.165) is 37.6 Å². The van der Waals surface area contributed by atoms with Crippen LogP contribution in [0.2, 0.25) is 0 Å². The Morgan fingerprint density at radius 3 is 2.69 bits per heavy atom. The summed E-state index contributed by atoms with van der Waals surface area (Å²) >= 11 is 5.14. The minimum Gasteiger partial charge on any atom is -0.363 e. The Morgan fingerprint density at radius 2 is 2.06 bits per heavy atom. The molecule has 1 rings (SSSR count). The van der Waals surface area contributed by atoms with Crippen LogP contribution in [0.1, 0.15) is 26.2 Å². The van der Waals surface area contributed by atoms with Crippen LogP contribution in [0.25, 0.3) is 0 Å². The Hall–Kier alpha value is -1.10. The molecule has 4 nitrogen and oxygen atoms in total. The van der Waals surface area contributed by atoms with Crippen LogP contribution in [0.3, 0.4) is 0 Å². The van der Waals surface area contributed by atoms with E-state index in [4.69, 9.17) is 12.2 Å². The molecule has 0 amide bonds. The first-order valence-electron chi connectivity index (χ1n) is 5.80. The molecule has 0 aliphatic heterocycles. The molecule has 0 radical (unpaired) electrons. The van der Waals surface area contributed by atoms with Crippen LogP contribution in [0.4, 0.5) is 0 Å². The summed E-state index contributed by atoms with van der Waals surface area (Å²) in [5.41, 5.74) is 0. The van der Waals surface area contributed by atoms with Crippen molar-refractivity contribution in [3.05, 3.63) is 18.7 Å². The predicted molar refractivity (Wildman–Crippen MR) is 70.4 cm³/mol. The molecule has 0 aliphatic carbocycles. The lowest BCUT2D eigenvalue weighted by Gasteiger charge is -2.09. The molecule has 0 aliphatic rings. The van der Waals surface area contributed by atoms with Gasteiger partial charge < -0.3 is 15.2 Å². The molecule has 0 unspecified atom stereocenters. The van der Waals surface area contributed by atoms with Gasteiger partial charge in [0.05, 0.1) is 6.33 Å². The maximum atomic E-state index is 5.14. The number of hydrogen-bond donors (Lipinski definition) is 2. The number of nitrogens with zero attached hydrogens (tertiary/aromatic N) is 2. The van der Waals surface area contributed by atoms with E-state index in [1.165, 1.54) is 6.42 Å². The third kappa shape index (κ3) is 5.70. The van der Waals surface area contributed by atoms with Crippen molar-refractivity contribution in [3.63, 3.8) is 0 Å². The van der Waals surface area contributed by atoms with E-state index in [-0.39, 0.29) is 0 Å². The molecule has 0 spiro atoms. The zero-order valence-electron chi connectivity index (χ0n) is 9.78. The van der Waals surface area contributed by atoms with Gasteiger partial charge in [-0.25, -0.2) is 4.98 Å². The van der Waals surface area contributed by atoms with Gasteiger partial charge in [-0.2, -0.15) is 0 Å². The second-order valence-corrected chi connectivity index (χ2v) is 4.10. The molecule has 0 saturated carbocycles. The molecule has 0 saturated heterocycles. The molecule has 1 heterocycles. The van der Waals surface area contributed by atoms with Crippen molar-refractivity contribution < 1.29 is 0 Å². The van der Waals surface area contributed by atoms with E-state index in [1.807, 2.05) is 12.5 Å². The van der Waals surface area contributed by atoms with E-state index in [0.29, 0.717) is 0 Å². The summed E-state index contributed by atoms with van der Waals surface area (Å²) in [6.07, 6.45) is 9.00. The van der Waals surface area contributed by atoms with Gasteiger partial charge in [-0.05, 0) is 25.1 Å². The molecule has 0 atom stereocenters. The fourth-order valence-electron chi connectivity index (χ4n) is 1.32. The lowest BCUT2D eigenvalue weighted by atomic mass is 10.3. The van der Waals surface area contributed by atoms with Gasteiger partial charge >= 0.3 is 0 Å². The third-order valence-corrected chi connectivity index (χ3v) is 2.54. The quantitative estimate of drug-likeness (QED) is 0.560. The smallest absolute Gasteiger partial charge is 0.166 e. The number of nitrogens with one attached hydrogen (secondary N) is 2. The highest BCUT2D eigenvalue weighted by Crippen LogP contribution is 1.89. The summed E-state index contributed by atoms with van der Waals surface area (Å²) in [6.45, 7) is 5.01. The van der Waals surface area contributed by atoms with Crippen LogP contribution < -0.4 is 10.6 Å². The molecule has 5 heteroatoms. The normalized spacial score (nSPS) is 10.1. The van der Waals surface area contributed by atoms with Crippen molar-refractivity contribution >= 4 is 17.3 Å². The largest absolute Gasteiger partial charge is 0.363 e. The second kappa shape index (κ2) is 8.10. The Kier molecular flexibility index (Phi) is 6.56. The lowest BCUT2D eigenvalue weighted by Crippen LogP contribution is -2.36. The number of imidazole rings is 1. The average Bonchev–Trinajstić information content (AvgIpc) is 2.78. The van der Waals surface area contributed by atoms with E-state index < -0.39 is 0 Å². The monoisotopic (exact) mass is 240 g/mol. The van der Waals surface area contributed by atoms with E-state index in [2.05, 4.69) is 27.1 Å². The van der Waals surface area contributed by atoms with Crippen molar-refractivity contribution in [2.24, 2.45) is 0 Å². The van der Waals surface area contributed by atoms with Gasteiger partial charge in [-0.15, -0.1) is 0 Å². The van der Waals surface area contributed by atoms with Crippen LogP contribution in [0.5, 0.6) is 0 Å². The highest BCUT2D eigenvalue weighted by molar-refractivity contribution is 7.80. The van der Waals surface area contributed by atoms with Gasteiger partial charge in [-0.1, -0.05) is 13.3 Å². The Morgan fingerprint density at radius 1 is 1.31 bits per heavy atom. The molecule has 1 aromatic heterocycles. The standard InChI is InChI=1S/C11H20N4S/c1-2-3-5-13-11(16)14-6-4-8-15-9-7-12-10-15/h7,9-10H,2-6,8H2,1H3,(H2,13,14,16).